The van der Waals surface area contributed by atoms with Crippen LogP contribution in [0.5, 0.6) is 0 Å². The first-order chi connectivity index (χ1) is 12.2. The fourth-order valence-corrected chi connectivity index (χ4v) is 3.86. The molecule has 0 spiro atoms. The molecule has 128 valence electrons. The van der Waals surface area contributed by atoms with Crippen LogP contribution in [-0.4, -0.2) is 34.0 Å². The summed E-state index contributed by atoms with van der Waals surface area (Å²) in [7, 11) is 0. The van der Waals surface area contributed by atoms with Crippen LogP contribution in [0.15, 0.2) is 45.6 Å². The van der Waals surface area contributed by atoms with Crippen molar-refractivity contribution in [3.8, 4) is 11.4 Å². The number of hydrogen-bond acceptors (Lipinski definition) is 5. The van der Waals surface area contributed by atoms with E-state index >= 15 is 0 Å². The van der Waals surface area contributed by atoms with Crippen molar-refractivity contribution in [2.75, 3.05) is 13.1 Å². The Bertz CT molecular complexity index is 864. The molecule has 5 nitrogen and oxygen atoms in total. The molecule has 1 fully saturated rings. The number of aromatic nitrogens is 2. The second-order valence-corrected chi connectivity index (χ2v) is 7.13. The lowest BCUT2D eigenvalue weighted by molar-refractivity contribution is 0.0704. The number of carbonyl (C=O) groups is 1. The van der Waals surface area contributed by atoms with Crippen LogP contribution in [0.1, 0.15) is 40.6 Å². The molecule has 1 aromatic carbocycles. The largest absolute Gasteiger partial charge is 0.339 e. The fourth-order valence-electron chi connectivity index (χ4n) is 3.22. The molecule has 1 amide bonds. The lowest BCUT2D eigenvalue weighted by Crippen LogP contribution is -2.38. The van der Waals surface area contributed by atoms with Crippen LogP contribution < -0.4 is 0 Å². The summed E-state index contributed by atoms with van der Waals surface area (Å²) in [6, 6.07) is 9.73. The van der Waals surface area contributed by atoms with Gasteiger partial charge in [-0.1, -0.05) is 23.4 Å². The van der Waals surface area contributed by atoms with E-state index in [1.807, 2.05) is 52.9 Å². The van der Waals surface area contributed by atoms with Crippen LogP contribution in [0.4, 0.5) is 0 Å². The topological polar surface area (TPSA) is 59.2 Å². The highest BCUT2D eigenvalue weighted by Crippen LogP contribution is 2.29. The van der Waals surface area contributed by atoms with Gasteiger partial charge >= 0.3 is 0 Å². The van der Waals surface area contributed by atoms with Crippen molar-refractivity contribution in [3.63, 3.8) is 0 Å². The zero-order valence-corrected chi connectivity index (χ0v) is 14.8. The van der Waals surface area contributed by atoms with E-state index < -0.39 is 0 Å². The van der Waals surface area contributed by atoms with Gasteiger partial charge < -0.3 is 9.42 Å². The summed E-state index contributed by atoms with van der Waals surface area (Å²) in [5.41, 5.74) is 2.80. The van der Waals surface area contributed by atoms with Crippen LogP contribution in [0.3, 0.4) is 0 Å². The lowest BCUT2D eigenvalue weighted by atomic mass is 9.96. The molecular formula is C19H19N3O2S. The highest BCUT2D eigenvalue weighted by molar-refractivity contribution is 7.08. The maximum atomic E-state index is 12.7. The van der Waals surface area contributed by atoms with Crippen molar-refractivity contribution in [1.82, 2.24) is 15.0 Å². The van der Waals surface area contributed by atoms with Gasteiger partial charge in [0, 0.05) is 35.5 Å². The van der Waals surface area contributed by atoms with E-state index in [1.54, 1.807) is 11.3 Å². The quantitative estimate of drug-likeness (QED) is 0.710. The number of thiophene rings is 1. The van der Waals surface area contributed by atoms with E-state index in [-0.39, 0.29) is 11.8 Å². The Morgan fingerprint density at radius 2 is 2.04 bits per heavy atom. The molecule has 3 aromatic rings. The first-order valence-corrected chi connectivity index (χ1v) is 9.38. The summed E-state index contributed by atoms with van der Waals surface area (Å²) in [6.45, 7) is 3.41. The van der Waals surface area contributed by atoms with E-state index in [0.29, 0.717) is 24.8 Å². The average molecular weight is 353 g/mol. The fraction of sp³-hybridized carbons (Fsp3) is 0.316. The zero-order valence-electron chi connectivity index (χ0n) is 14.0. The summed E-state index contributed by atoms with van der Waals surface area (Å²) >= 11 is 1.62. The highest BCUT2D eigenvalue weighted by Gasteiger charge is 2.28. The third-order valence-corrected chi connectivity index (χ3v) is 5.41. The van der Waals surface area contributed by atoms with E-state index in [2.05, 4.69) is 10.1 Å². The minimum Gasteiger partial charge on any atom is -0.339 e. The normalized spacial score (nSPS) is 15.5. The molecule has 4 rings (SSSR count). The van der Waals surface area contributed by atoms with Gasteiger partial charge in [0.05, 0.1) is 0 Å². The lowest BCUT2D eigenvalue weighted by Gasteiger charge is -2.30. The smallest absolute Gasteiger partial charge is 0.254 e. The summed E-state index contributed by atoms with van der Waals surface area (Å²) in [4.78, 5) is 19.2. The molecular weight excluding hydrogens is 334 g/mol. The van der Waals surface area contributed by atoms with Gasteiger partial charge in [0.25, 0.3) is 5.91 Å². The molecule has 0 unspecified atom stereocenters. The highest BCUT2D eigenvalue weighted by atomic mass is 32.1. The standard InChI is InChI=1S/C19H19N3O2S/c1-13-4-2-3-5-16(13)19(23)22-9-6-14(7-10-22)18-20-17(21-24-18)15-8-11-25-12-15/h2-5,8,11-12,14H,6-7,9-10H2,1H3. The van der Waals surface area contributed by atoms with Crippen molar-refractivity contribution in [1.29, 1.82) is 0 Å². The van der Waals surface area contributed by atoms with Crippen molar-refractivity contribution < 1.29 is 9.32 Å². The summed E-state index contributed by atoms with van der Waals surface area (Å²) < 4.78 is 5.47. The Morgan fingerprint density at radius 3 is 2.76 bits per heavy atom. The molecule has 0 atom stereocenters. The summed E-state index contributed by atoms with van der Waals surface area (Å²) in [5.74, 6) is 1.67. The molecule has 25 heavy (non-hydrogen) atoms. The van der Waals surface area contributed by atoms with Gasteiger partial charge in [0.1, 0.15) is 0 Å². The number of piperidine rings is 1. The van der Waals surface area contributed by atoms with Crippen LogP contribution in [-0.2, 0) is 0 Å². The monoisotopic (exact) mass is 353 g/mol. The minimum atomic E-state index is 0.112. The minimum absolute atomic E-state index is 0.112. The first-order valence-electron chi connectivity index (χ1n) is 8.43. The Labute approximate surface area is 150 Å². The van der Waals surface area contributed by atoms with E-state index in [4.69, 9.17) is 4.52 Å². The number of nitrogens with zero attached hydrogens (tertiary/aromatic N) is 3. The molecule has 3 heterocycles. The Balaban J connectivity index is 1.42. The predicted molar refractivity (Wildman–Crippen MR) is 96.7 cm³/mol. The number of likely N-dealkylation sites (tertiary alicyclic amines) is 1. The number of carbonyl (C=O) groups excluding carboxylic acids is 1. The van der Waals surface area contributed by atoms with Crippen molar-refractivity contribution in [3.05, 3.63) is 58.1 Å². The second-order valence-electron chi connectivity index (χ2n) is 6.35. The van der Waals surface area contributed by atoms with Crippen molar-refractivity contribution in [2.24, 2.45) is 0 Å². The molecule has 0 bridgehead atoms. The molecule has 1 aliphatic rings. The van der Waals surface area contributed by atoms with Crippen LogP contribution in [0.25, 0.3) is 11.4 Å². The van der Waals surface area contributed by atoms with Gasteiger partial charge in [-0.2, -0.15) is 16.3 Å². The Morgan fingerprint density at radius 1 is 1.24 bits per heavy atom. The molecule has 0 saturated carbocycles. The number of amides is 1. The summed E-state index contributed by atoms with van der Waals surface area (Å²) in [5, 5.41) is 8.10. The third-order valence-electron chi connectivity index (χ3n) is 4.73. The van der Waals surface area contributed by atoms with Gasteiger partial charge in [0.2, 0.25) is 11.7 Å². The van der Waals surface area contributed by atoms with Crippen molar-refractivity contribution in [2.45, 2.75) is 25.7 Å². The van der Waals surface area contributed by atoms with Gasteiger partial charge in [-0.05, 0) is 42.8 Å². The van der Waals surface area contributed by atoms with Gasteiger partial charge in [0.15, 0.2) is 0 Å². The number of hydrogen-bond donors (Lipinski definition) is 0. The van der Waals surface area contributed by atoms with Crippen molar-refractivity contribution >= 4 is 17.2 Å². The van der Waals surface area contributed by atoms with E-state index in [9.17, 15) is 4.79 Å². The molecule has 1 aliphatic heterocycles. The predicted octanol–water partition coefficient (Wildman–Crippen LogP) is 4.13. The van der Waals surface area contributed by atoms with E-state index in [1.165, 1.54) is 0 Å². The van der Waals surface area contributed by atoms with Gasteiger partial charge in [-0.15, -0.1) is 0 Å². The number of aryl methyl sites for hydroxylation is 1. The maximum Gasteiger partial charge on any atom is 0.254 e. The average Bonchev–Trinajstić information content (AvgIpc) is 3.33. The zero-order chi connectivity index (χ0) is 17.2. The molecule has 0 aliphatic carbocycles. The van der Waals surface area contributed by atoms with Gasteiger partial charge in [-0.3, -0.25) is 4.79 Å². The molecule has 2 aromatic heterocycles. The maximum absolute atomic E-state index is 12.7. The molecule has 0 radical (unpaired) electrons. The first kappa shape index (κ1) is 16.0. The van der Waals surface area contributed by atoms with E-state index in [0.717, 1.165) is 29.5 Å². The van der Waals surface area contributed by atoms with Gasteiger partial charge in [-0.25, -0.2) is 0 Å². The number of benzene rings is 1. The molecule has 1 saturated heterocycles. The molecule has 0 N–H and O–H groups in total. The van der Waals surface area contributed by atoms with Crippen LogP contribution in [0.2, 0.25) is 0 Å². The Hall–Kier alpha value is -2.47. The Kier molecular flexibility index (Phi) is 4.36. The molecule has 6 heteroatoms. The summed E-state index contributed by atoms with van der Waals surface area (Å²) in [6.07, 6.45) is 1.70. The third kappa shape index (κ3) is 3.22. The SMILES string of the molecule is Cc1ccccc1C(=O)N1CCC(c2nc(-c3ccsc3)no2)CC1. The number of rotatable bonds is 3. The second kappa shape index (κ2) is 6.80. The van der Waals surface area contributed by atoms with Crippen LogP contribution in [0, 0.1) is 6.92 Å². The van der Waals surface area contributed by atoms with Crippen LogP contribution >= 0.6 is 11.3 Å².